The Morgan fingerprint density at radius 1 is 1.56 bits per heavy atom. The Kier molecular flexibility index (Phi) is 2.69. The highest BCUT2D eigenvalue weighted by Crippen LogP contribution is 2.24. The van der Waals surface area contributed by atoms with Crippen LogP contribution in [-0.2, 0) is 7.05 Å². The second kappa shape index (κ2) is 4.01. The first kappa shape index (κ1) is 10.7. The molecule has 0 saturated heterocycles. The second-order valence-electron chi connectivity index (χ2n) is 3.35. The molecule has 0 saturated carbocycles. The van der Waals surface area contributed by atoms with Crippen LogP contribution in [0.2, 0.25) is 0 Å². The molecular weight excluding hydrogens is 226 g/mol. The molecule has 84 valence electrons. The van der Waals surface area contributed by atoms with Gasteiger partial charge in [-0.1, -0.05) is 0 Å². The quantitative estimate of drug-likeness (QED) is 0.796. The average Bonchev–Trinajstić information content (AvgIpc) is 2.55. The molecule has 2 aromatic rings. The van der Waals surface area contributed by atoms with Crippen molar-refractivity contribution in [3.63, 3.8) is 0 Å². The van der Waals surface area contributed by atoms with Gasteiger partial charge in [-0.25, -0.2) is 14.9 Å². The zero-order chi connectivity index (χ0) is 11.7. The van der Waals surface area contributed by atoms with Gasteiger partial charge in [0.15, 0.2) is 5.16 Å². The number of hydrogen-bond acceptors (Lipinski definition) is 5. The Labute approximate surface area is 95.9 Å². The average molecular weight is 237 g/mol. The van der Waals surface area contributed by atoms with Gasteiger partial charge < -0.3 is 5.73 Å². The van der Waals surface area contributed by atoms with E-state index in [1.165, 1.54) is 16.3 Å². The Hall–Kier alpha value is -1.76. The molecule has 0 unspecified atom stereocenters. The van der Waals surface area contributed by atoms with Crippen LogP contribution in [0.1, 0.15) is 5.56 Å². The topological polar surface area (TPSA) is 89.6 Å². The summed E-state index contributed by atoms with van der Waals surface area (Å²) in [6, 6.07) is 1.76. The minimum atomic E-state index is -0.248. The lowest BCUT2D eigenvalue weighted by atomic mass is 10.3. The molecule has 0 aliphatic heterocycles. The van der Waals surface area contributed by atoms with Crippen LogP contribution >= 0.6 is 11.8 Å². The summed E-state index contributed by atoms with van der Waals surface area (Å²) in [6.07, 6.45) is 1.70. The summed E-state index contributed by atoms with van der Waals surface area (Å²) >= 11 is 1.29. The number of aromatic nitrogens is 4. The molecule has 0 radical (unpaired) electrons. The van der Waals surface area contributed by atoms with Gasteiger partial charge in [0, 0.05) is 18.9 Å². The van der Waals surface area contributed by atoms with E-state index in [1.54, 1.807) is 19.3 Å². The number of nitrogens with one attached hydrogen (secondary N) is 1. The van der Waals surface area contributed by atoms with Crippen molar-refractivity contribution < 1.29 is 0 Å². The van der Waals surface area contributed by atoms with E-state index < -0.39 is 0 Å². The van der Waals surface area contributed by atoms with Crippen molar-refractivity contribution in [1.29, 1.82) is 0 Å². The van der Waals surface area contributed by atoms with E-state index >= 15 is 0 Å². The third-order valence-electron chi connectivity index (χ3n) is 2.15. The van der Waals surface area contributed by atoms with Gasteiger partial charge in [0.1, 0.15) is 5.03 Å². The summed E-state index contributed by atoms with van der Waals surface area (Å²) in [6.45, 7) is 1.89. The highest BCUT2D eigenvalue weighted by Gasteiger charge is 2.07. The van der Waals surface area contributed by atoms with Crippen molar-refractivity contribution in [2.45, 2.75) is 17.1 Å². The second-order valence-corrected chi connectivity index (χ2v) is 4.34. The van der Waals surface area contributed by atoms with Crippen LogP contribution in [0.25, 0.3) is 0 Å². The first-order valence-corrected chi connectivity index (χ1v) is 5.41. The highest BCUT2D eigenvalue weighted by atomic mass is 32.2. The molecule has 6 nitrogen and oxygen atoms in total. The minimum absolute atomic E-state index is 0.248. The van der Waals surface area contributed by atoms with Crippen LogP contribution in [0.3, 0.4) is 0 Å². The van der Waals surface area contributed by atoms with Crippen LogP contribution in [0.15, 0.2) is 27.2 Å². The van der Waals surface area contributed by atoms with Crippen molar-refractivity contribution in [1.82, 2.24) is 19.7 Å². The summed E-state index contributed by atoms with van der Waals surface area (Å²) < 4.78 is 1.42. The van der Waals surface area contributed by atoms with Gasteiger partial charge in [0.25, 0.3) is 0 Å². The van der Waals surface area contributed by atoms with Gasteiger partial charge in [-0.05, 0) is 30.3 Å². The normalized spacial score (nSPS) is 10.6. The van der Waals surface area contributed by atoms with Gasteiger partial charge >= 0.3 is 5.69 Å². The van der Waals surface area contributed by atoms with Crippen molar-refractivity contribution in [3.8, 4) is 0 Å². The molecule has 0 aliphatic carbocycles. The van der Waals surface area contributed by atoms with Crippen molar-refractivity contribution >= 4 is 17.4 Å². The van der Waals surface area contributed by atoms with E-state index in [1.807, 2.05) is 6.92 Å². The van der Waals surface area contributed by atoms with Gasteiger partial charge in [-0.2, -0.15) is 0 Å². The fourth-order valence-corrected chi connectivity index (χ4v) is 1.88. The molecule has 2 aromatic heterocycles. The Balaban J connectivity index is 2.31. The van der Waals surface area contributed by atoms with Gasteiger partial charge in [0.05, 0.1) is 0 Å². The van der Waals surface area contributed by atoms with Gasteiger partial charge in [0.2, 0.25) is 0 Å². The molecule has 0 fully saturated rings. The predicted molar refractivity (Wildman–Crippen MR) is 61.3 cm³/mol. The van der Waals surface area contributed by atoms with E-state index in [9.17, 15) is 4.79 Å². The monoisotopic (exact) mass is 237 g/mol. The van der Waals surface area contributed by atoms with Crippen LogP contribution in [0.4, 0.5) is 5.69 Å². The Morgan fingerprint density at radius 3 is 2.88 bits per heavy atom. The number of hydrogen-bond donors (Lipinski definition) is 2. The highest BCUT2D eigenvalue weighted by molar-refractivity contribution is 7.99. The fourth-order valence-electron chi connectivity index (χ4n) is 1.09. The summed E-state index contributed by atoms with van der Waals surface area (Å²) in [5.74, 6) is 0. The van der Waals surface area contributed by atoms with E-state index in [2.05, 4.69) is 15.2 Å². The van der Waals surface area contributed by atoms with Crippen molar-refractivity contribution in [3.05, 3.63) is 28.3 Å². The smallest absolute Gasteiger partial charge is 0.343 e. The molecule has 0 spiro atoms. The standard InChI is InChI=1S/C9H11N5OS/c1-5-4-11-7(3-6(5)10)16-9-13-12-8(15)14(9)2/h3-4H,1-2H3,(H2,10,11)(H,12,15). The number of H-pyrrole nitrogens is 1. The number of pyridine rings is 1. The minimum Gasteiger partial charge on any atom is -0.398 e. The Morgan fingerprint density at radius 2 is 2.31 bits per heavy atom. The predicted octanol–water partition coefficient (Wildman–Crippen LogP) is 0.545. The summed E-state index contributed by atoms with van der Waals surface area (Å²) in [7, 11) is 1.64. The molecule has 0 aromatic carbocycles. The van der Waals surface area contributed by atoms with Crippen LogP contribution in [-0.4, -0.2) is 19.7 Å². The van der Waals surface area contributed by atoms with Gasteiger partial charge in [-0.3, -0.25) is 4.57 Å². The maximum atomic E-state index is 11.1. The zero-order valence-corrected chi connectivity index (χ0v) is 9.71. The van der Waals surface area contributed by atoms with Crippen molar-refractivity contribution in [2.24, 2.45) is 7.05 Å². The molecule has 2 heterocycles. The molecule has 0 aliphatic rings. The van der Waals surface area contributed by atoms with Crippen molar-refractivity contribution in [2.75, 3.05) is 5.73 Å². The molecule has 2 rings (SSSR count). The number of nitrogens with zero attached hydrogens (tertiary/aromatic N) is 3. The number of nitrogen functional groups attached to an aromatic ring is 1. The lowest BCUT2D eigenvalue weighted by Gasteiger charge is -2.02. The molecule has 3 N–H and O–H groups in total. The van der Waals surface area contributed by atoms with Crippen LogP contribution < -0.4 is 11.4 Å². The maximum Gasteiger partial charge on any atom is 0.343 e. The number of anilines is 1. The number of rotatable bonds is 2. The van der Waals surface area contributed by atoms with E-state index in [4.69, 9.17) is 5.73 Å². The lowest BCUT2D eigenvalue weighted by Crippen LogP contribution is -2.12. The summed E-state index contributed by atoms with van der Waals surface area (Å²) in [5, 5.41) is 7.50. The number of aryl methyl sites for hydroxylation is 1. The van der Waals surface area contributed by atoms with Crippen LogP contribution in [0.5, 0.6) is 0 Å². The number of aromatic amines is 1. The fraction of sp³-hybridized carbons (Fsp3) is 0.222. The van der Waals surface area contributed by atoms with E-state index in [0.717, 1.165) is 5.56 Å². The molecule has 7 heteroatoms. The first-order chi connectivity index (χ1) is 7.58. The van der Waals surface area contributed by atoms with E-state index in [0.29, 0.717) is 15.9 Å². The molecular formula is C9H11N5OS. The molecule has 0 bridgehead atoms. The van der Waals surface area contributed by atoms with E-state index in [-0.39, 0.29) is 5.69 Å². The summed E-state index contributed by atoms with van der Waals surface area (Å²) in [5.41, 5.74) is 7.13. The maximum absolute atomic E-state index is 11.1. The summed E-state index contributed by atoms with van der Waals surface area (Å²) in [4.78, 5) is 15.3. The Bertz CT molecular complexity index is 574. The molecule has 0 amide bonds. The first-order valence-electron chi connectivity index (χ1n) is 4.59. The number of nitrogens with two attached hydrogens (primary N) is 1. The zero-order valence-electron chi connectivity index (χ0n) is 8.89. The SMILES string of the molecule is Cc1cnc(Sc2n[nH]c(=O)n2C)cc1N. The third kappa shape index (κ3) is 1.94. The third-order valence-corrected chi connectivity index (χ3v) is 3.13. The van der Waals surface area contributed by atoms with Gasteiger partial charge in [-0.15, -0.1) is 5.10 Å². The van der Waals surface area contributed by atoms with Crippen LogP contribution in [0, 0.1) is 6.92 Å². The molecule has 16 heavy (non-hydrogen) atoms. The lowest BCUT2D eigenvalue weighted by molar-refractivity contribution is 0.764. The largest absolute Gasteiger partial charge is 0.398 e. The molecule has 0 atom stereocenters.